The smallest absolute Gasteiger partial charge is 0.237 e. The van der Waals surface area contributed by atoms with Crippen LogP contribution in [0.5, 0.6) is 0 Å². The fraction of sp³-hybridized carbons (Fsp3) is 0.615. The quantitative estimate of drug-likeness (QED) is 0.756. The predicted molar refractivity (Wildman–Crippen MR) is 83.1 cm³/mol. The lowest BCUT2D eigenvalue weighted by Gasteiger charge is -2.51. The Kier molecular flexibility index (Phi) is 4.38. The van der Waals surface area contributed by atoms with Crippen LogP contribution >= 0.6 is 38.9 Å². The van der Waals surface area contributed by atoms with E-state index in [4.69, 9.17) is 16.3 Å². The Balaban J connectivity index is 1.71. The topological polar surface area (TPSA) is 32.8 Å². The van der Waals surface area contributed by atoms with Crippen molar-refractivity contribution in [3.63, 3.8) is 0 Å². The van der Waals surface area contributed by atoms with E-state index in [2.05, 4.69) is 33.0 Å². The van der Waals surface area contributed by atoms with Gasteiger partial charge in [0.1, 0.15) is 5.88 Å². The summed E-state index contributed by atoms with van der Waals surface area (Å²) in [6.07, 6.45) is 1.02. The van der Waals surface area contributed by atoms with Crippen LogP contribution in [0.3, 0.4) is 0 Å². The highest BCUT2D eigenvalue weighted by Crippen LogP contribution is 2.45. The van der Waals surface area contributed by atoms with Crippen molar-refractivity contribution in [3.05, 3.63) is 20.8 Å². The highest BCUT2D eigenvalue weighted by molar-refractivity contribution is 9.11. The summed E-state index contributed by atoms with van der Waals surface area (Å²) < 4.78 is 7.09. The monoisotopic (exact) mass is 378 g/mol. The van der Waals surface area contributed by atoms with Gasteiger partial charge in [-0.3, -0.25) is 9.69 Å². The molecule has 2 aliphatic rings. The van der Waals surface area contributed by atoms with Crippen LogP contribution in [0.15, 0.2) is 15.9 Å². The maximum absolute atomic E-state index is 11.6. The van der Waals surface area contributed by atoms with Crippen LogP contribution < -0.4 is 0 Å². The van der Waals surface area contributed by atoms with E-state index in [1.807, 2.05) is 4.90 Å². The maximum atomic E-state index is 11.6. The van der Waals surface area contributed by atoms with Crippen molar-refractivity contribution in [1.29, 1.82) is 0 Å². The van der Waals surface area contributed by atoms with Crippen molar-refractivity contribution in [1.82, 2.24) is 9.80 Å². The normalized spacial score (nSPS) is 27.4. The first-order valence-electron chi connectivity index (χ1n) is 6.64. The number of hydrogen-bond donors (Lipinski definition) is 0. The van der Waals surface area contributed by atoms with Crippen LogP contribution in [0, 0.1) is 0 Å². The predicted octanol–water partition coefficient (Wildman–Crippen LogP) is 2.47. The van der Waals surface area contributed by atoms with Gasteiger partial charge in [-0.2, -0.15) is 0 Å². The van der Waals surface area contributed by atoms with Gasteiger partial charge in [0.2, 0.25) is 5.91 Å². The fourth-order valence-electron chi connectivity index (χ4n) is 2.82. The zero-order valence-corrected chi connectivity index (χ0v) is 14.1. The Hall–Kier alpha value is -0.140. The molecule has 0 saturated carbocycles. The van der Waals surface area contributed by atoms with Crippen molar-refractivity contribution in [2.45, 2.75) is 12.1 Å². The van der Waals surface area contributed by atoms with Crippen LogP contribution in [0.25, 0.3) is 0 Å². The van der Waals surface area contributed by atoms with Crippen molar-refractivity contribution < 1.29 is 9.53 Å². The molecule has 3 heterocycles. The van der Waals surface area contributed by atoms with E-state index in [1.54, 1.807) is 11.3 Å². The van der Waals surface area contributed by atoms with Crippen molar-refractivity contribution in [3.8, 4) is 0 Å². The van der Waals surface area contributed by atoms with E-state index in [0.29, 0.717) is 0 Å². The molecule has 2 fully saturated rings. The standard InChI is InChI=1S/C13H16BrClN2O2S/c14-11-2-1-10(20-11)13(3-8-19-13)17-6-4-16(5-7-17)12(18)9-15/h1-2H,3-9H2. The molecule has 0 aliphatic carbocycles. The third-order valence-electron chi connectivity index (χ3n) is 4.00. The molecule has 110 valence electrons. The molecular formula is C13H16BrClN2O2S. The molecule has 0 bridgehead atoms. The zero-order chi connectivity index (χ0) is 14.2. The fourth-order valence-corrected chi connectivity index (χ4v) is 4.58. The van der Waals surface area contributed by atoms with Crippen LogP contribution in [0.4, 0.5) is 0 Å². The van der Waals surface area contributed by atoms with E-state index in [9.17, 15) is 4.79 Å². The summed E-state index contributed by atoms with van der Waals surface area (Å²) in [6, 6.07) is 4.20. The lowest BCUT2D eigenvalue weighted by atomic mass is 9.99. The lowest BCUT2D eigenvalue weighted by molar-refractivity contribution is -0.252. The highest BCUT2D eigenvalue weighted by Gasteiger charge is 2.47. The third kappa shape index (κ3) is 2.52. The summed E-state index contributed by atoms with van der Waals surface area (Å²) in [5.74, 6) is 0.0910. The average molecular weight is 380 g/mol. The van der Waals surface area contributed by atoms with Crippen molar-refractivity contribution in [2.24, 2.45) is 0 Å². The van der Waals surface area contributed by atoms with E-state index < -0.39 is 0 Å². The van der Waals surface area contributed by atoms with Crippen LogP contribution in [-0.2, 0) is 15.3 Å². The second-order valence-electron chi connectivity index (χ2n) is 4.99. The summed E-state index contributed by atoms with van der Waals surface area (Å²) in [4.78, 5) is 17.1. The van der Waals surface area contributed by atoms with Gasteiger partial charge in [0, 0.05) is 32.6 Å². The summed E-state index contributed by atoms with van der Waals surface area (Å²) in [6.45, 7) is 3.92. The number of alkyl halides is 1. The van der Waals surface area contributed by atoms with E-state index in [-0.39, 0.29) is 17.5 Å². The molecule has 1 aromatic heterocycles. The molecule has 2 aliphatic heterocycles. The summed E-state index contributed by atoms with van der Waals surface area (Å²) in [5, 5.41) is 0. The minimum Gasteiger partial charge on any atom is -0.355 e. The maximum Gasteiger partial charge on any atom is 0.237 e. The second kappa shape index (κ2) is 5.93. The number of halogens is 2. The van der Waals surface area contributed by atoms with Crippen molar-refractivity contribution >= 4 is 44.8 Å². The molecule has 0 aromatic carbocycles. The number of amides is 1. The van der Waals surface area contributed by atoms with Crippen LogP contribution in [0.1, 0.15) is 11.3 Å². The number of carbonyl (C=O) groups excluding carboxylic acids is 1. The minimum absolute atomic E-state index is 0.0220. The molecule has 1 amide bonds. The Morgan fingerprint density at radius 2 is 2.10 bits per heavy atom. The molecule has 0 radical (unpaired) electrons. The molecular weight excluding hydrogens is 364 g/mol. The van der Waals surface area contributed by atoms with E-state index in [0.717, 1.165) is 43.0 Å². The third-order valence-corrected chi connectivity index (χ3v) is 5.98. The first-order valence-corrected chi connectivity index (χ1v) is 8.79. The molecule has 0 spiro atoms. The largest absolute Gasteiger partial charge is 0.355 e. The number of nitrogens with zero attached hydrogens (tertiary/aromatic N) is 2. The van der Waals surface area contributed by atoms with Gasteiger partial charge in [0.25, 0.3) is 0 Å². The van der Waals surface area contributed by atoms with Gasteiger partial charge in [-0.15, -0.1) is 22.9 Å². The Labute approximate surface area is 135 Å². The van der Waals surface area contributed by atoms with Gasteiger partial charge in [-0.1, -0.05) is 0 Å². The van der Waals surface area contributed by atoms with Crippen LogP contribution in [-0.4, -0.2) is 54.4 Å². The molecule has 1 aromatic rings. The molecule has 3 rings (SSSR count). The Morgan fingerprint density at radius 3 is 2.55 bits per heavy atom. The Bertz CT molecular complexity index is 498. The lowest BCUT2D eigenvalue weighted by Crippen LogP contribution is -2.61. The number of carbonyl (C=O) groups is 1. The van der Waals surface area contributed by atoms with Crippen LogP contribution in [0.2, 0.25) is 0 Å². The number of thiophene rings is 1. The minimum atomic E-state index is -0.271. The van der Waals surface area contributed by atoms with Gasteiger partial charge < -0.3 is 9.64 Å². The second-order valence-corrected chi connectivity index (χ2v) is 7.72. The molecule has 0 N–H and O–H groups in total. The van der Waals surface area contributed by atoms with E-state index in [1.165, 1.54) is 4.88 Å². The molecule has 20 heavy (non-hydrogen) atoms. The van der Waals surface area contributed by atoms with Gasteiger partial charge in [0.05, 0.1) is 15.3 Å². The summed E-state index contributed by atoms with van der Waals surface area (Å²) in [5.41, 5.74) is -0.271. The molecule has 1 atom stereocenters. The van der Waals surface area contributed by atoms with Crippen molar-refractivity contribution in [2.75, 3.05) is 38.7 Å². The van der Waals surface area contributed by atoms with Gasteiger partial charge in [-0.05, 0) is 28.1 Å². The van der Waals surface area contributed by atoms with Gasteiger partial charge in [-0.25, -0.2) is 0 Å². The molecule has 1 unspecified atom stereocenters. The highest BCUT2D eigenvalue weighted by atomic mass is 79.9. The average Bonchev–Trinajstić information content (AvgIpc) is 2.84. The molecule has 2 saturated heterocycles. The number of rotatable bonds is 3. The zero-order valence-electron chi connectivity index (χ0n) is 11.0. The Morgan fingerprint density at radius 1 is 1.40 bits per heavy atom. The summed E-state index contributed by atoms with van der Waals surface area (Å²) >= 11 is 10.9. The number of ether oxygens (including phenoxy) is 1. The van der Waals surface area contributed by atoms with Gasteiger partial charge >= 0.3 is 0 Å². The number of piperazine rings is 1. The first kappa shape index (κ1) is 14.8. The SMILES string of the molecule is O=C(CCl)N1CCN(C2(c3ccc(Br)s3)CCO2)CC1. The number of hydrogen-bond acceptors (Lipinski definition) is 4. The first-order chi connectivity index (χ1) is 9.65. The van der Waals surface area contributed by atoms with E-state index >= 15 is 0 Å². The van der Waals surface area contributed by atoms with Gasteiger partial charge in [0.15, 0.2) is 5.72 Å². The summed E-state index contributed by atoms with van der Waals surface area (Å²) in [7, 11) is 0. The molecule has 7 heteroatoms. The molecule has 4 nitrogen and oxygen atoms in total.